The standard InChI is InChI=1S/C20H21N3O3S3/c1-14-18(28-19(21-14)15-6-3-2-4-7-15)20(24)23-11-9-16(10-12-23)22-29(25,26)17-8-5-13-27-17/h2-8,13,16,22H,9-12H2,1H3. The lowest BCUT2D eigenvalue weighted by Gasteiger charge is -2.32. The molecule has 0 spiro atoms. The number of hydrogen-bond acceptors (Lipinski definition) is 6. The molecule has 0 saturated carbocycles. The summed E-state index contributed by atoms with van der Waals surface area (Å²) < 4.78 is 27.9. The lowest BCUT2D eigenvalue weighted by molar-refractivity contribution is 0.0715. The number of thiazole rings is 1. The molecular weight excluding hydrogens is 426 g/mol. The number of rotatable bonds is 5. The van der Waals surface area contributed by atoms with Gasteiger partial charge >= 0.3 is 0 Å². The average molecular weight is 448 g/mol. The van der Waals surface area contributed by atoms with E-state index in [-0.39, 0.29) is 11.9 Å². The first-order valence-corrected chi connectivity index (χ1v) is 12.5. The van der Waals surface area contributed by atoms with Gasteiger partial charge in [0.05, 0.1) is 5.69 Å². The lowest BCUT2D eigenvalue weighted by atomic mass is 10.1. The normalized spacial score (nSPS) is 15.6. The molecule has 1 saturated heterocycles. The molecule has 0 radical (unpaired) electrons. The summed E-state index contributed by atoms with van der Waals surface area (Å²) >= 11 is 2.61. The summed E-state index contributed by atoms with van der Waals surface area (Å²) in [5.41, 5.74) is 1.74. The Bertz CT molecular complexity index is 1080. The van der Waals surface area contributed by atoms with Crippen LogP contribution in [0.5, 0.6) is 0 Å². The molecule has 3 aromatic rings. The Morgan fingerprint density at radius 3 is 2.52 bits per heavy atom. The molecule has 0 unspecified atom stereocenters. The number of sulfonamides is 1. The largest absolute Gasteiger partial charge is 0.338 e. The van der Waals surface area contributed by atoms with Gasteiger partial charge in [0, 0.05) is 24.7 Å². The Kier molecular flexibility index (Phi) is 5.82. The van der Waals surface area contributed by atoms with Crippen LogP contribution >= 0.6 is 22.7 Å². The number of benzene rings is 1. The zero-order valence-electron chi connectivity index (χ0n) is 15.9. The molecule has 1 amide bonds. The van der Waals surface area contributed by atoms with E-state index in [2.05, 4.69) is 9.71 Å². The fraction of sp³-hybridized carbons (Fsp3) is 0.300. The predicted molar refractivity (Wildman–Crippen MR) is 116 cm³/mol. The Morgan fingerprint density at radius 1 is 1.14 bits per heavy atom. The fourth-order valence-corrected chi connectivity index (χ4v) is 6.69. The van der Waals surface area contributed by atoms with Crippen molar-refractivity contribution in [2.75, 3.05) is 13.1 Å². The Labute approximate surface area is 178 Å². The second-order valence-electron chi connectivity index (χ2n) is 6.92. The zero-order valence-corrected chi connectivity index (χ0v) is 18.3. The molecule has 2 aromatic heterocycles. The molecule has 4 rings (SSSR count). The highest BCUT2D eigenvalue weighted by molar-refractivity contribution is 7.91. The molecule has 29 heavy (non-hydrogen) atoms. The molecule has 1 N–H and O–H groups in total. The number of aryl methyl sites for hydroxylation is 1. The van der Waals surface area contributed by atoms with Crippen molar-refractivity contribution in [3.8, 4) is 10.6 Å². The van der Waals surface area contributed by atoms with Gasteiger partial charge in [-0.25, -0.2) is 18.1 Å². The third kappa shape index (κ3) is 4.42. The van der Waals surface area contributed by atoms with Crippen LogP contribution in [0, 0.1) is 6.92 Å². The van der Waals surface area contributed by atoms with Gasteiger partial charge in [-0.2, -0.15) is 0 Å². The molecule has 0 bridgehead atoms. The second-order valence-corrected chi connectivity index (χ2v) is 10.8. The first-order chi connectivity index (χ1) is 13.9. The number of hydrogen-bond donors (Lipinski definition) is 1. The molecule has 9 heteroatoms. The summed E-state index contributed by atoms with van der Waals surface area (Å²) in [7, 11) is -3.48. The highest BCUT2D eigenvalue weighted by Crippen LogP contribution is 2.29. The van der Waals surface area contributed by atoms with Crippen LogP contribution < -0.4 is 4.72 Å². The van der Waals surface area contributed by atoms with Gasteiger partial charge in [-0.05, 0) is 31.2 Å². The maximum atomic E-state index is 13.0. The summed E-state index contributed by atoms with van der Waals surface area (Å²) in [6.45, 7) is 2.90. The van der Waals surface area contributed by atoms with Crippen molar-refractivity contribution in [1.29, 1.82) is 0 Å². The van der Waals surface area contributed by atoms with Gasteiger partial charge in [-0.1, -0.05) is 36.4 Å². The summed E-state index contributed by atoms with van der Waals surface area (Å²) in [5.74, 6) is -0.0262. The van der Waals surface area contributed by atoms with Crippen molar-refractivity contribution in [3.63, 3.8) is 0 Å². The van der Waals surface area contributed by atoms with Crippen molar-refractivity contribution in [2.24, 2.45) is 0 Å². The molecule has 0 aliphatic carbocycles. The second kappa shape index (κ2) is 8.35. The number of thiophene rings is 1. The quantitative estimate of drug-likeness (QED) is 0.646. The SMILES string of the molecule is Cc1nc(-c2ccccc2)sc1C(=O)N1CCC(NS(=O)(=O)c2cccs2)CC1. The van der Waals surface area contributed by atoms with Gasteiger partial charge in [-0.15, -0.1) is 22.7 Å². The molecule has 1 aliphatic rings. The van der Waals surface area contributed by atoms with Crippen molar-refractivity contribution < 1.29 is 13.2 Å². The molecule has 1 fully saturated rings. The van der Waals surface area contributed by atoms with Crippen molar-refractivity contribution in [3.05, 3.63) is 58.4 Å². The van der Waals surface area contributed by atoms with E-state index in [1.807, 2.05) is 37.3 Å². The van der Waals surface area contributed by atoms with Crippen LogP contribution in [0.3, 0.4) is 0 Å². The molecular formula is C20H21N3O3S3. The van der Waals surface area contributed by atoms with Crippen LogP contribution in [-0.2, 0) is 10.0 Å². The van der Waals surface area contributed by atoms with Gasteiger partial charge < -0.3 is 4.90 Å². The Hall–Kier alpha value is -2.07. The number of aromatic nitrogens is 1. The van der Waals surface area contributed by atoms with E-state index in [0.717, 1.165) is 16.3 Å². The molecule has 1 aromatic carbocycles. The lowest BCUT2D eigenvalue weighted by Crippen LogP contribution is -2.46. The van der Waals surface area contributed by atoms with Gasteiger partial charge in [0.15, 0.2) is 0 Å². The van der Waals surface area contributed by atoms with E-state index in [1.165, 1.54) is 22.7 Å². The molecule has 1 aliphatic heterocycles. The number of nitrogens with zero attached hydrogens (tertiary/aromatic N) is 2. The van der Waals surface area contributed by atoms with Crippen LogP contribution in [-0.4, -0.2) is 43.3 Å². The first kappa shape index (κ1) is 20.2. The Balaban J connectivity index is 1.40. The third-order valence-electron chi connectivity index (χ3n) is 4.88. The van der Waals surface area contributed by atoms with Crippen LogP contribution in [0.15, 0.2) is 52.1 Å². The number of amides is 1. The van der Waals surface area contributed by atoms with Crippen LogP contribution in [0.25, 0.3) is 10.6 Å². The molecule has 3 heterocycles. The maximum Gasteiger partial charge on any atom is 0.265 e. The van der Waals surface area contributed by atoms with Crippen molar-refractivity contribution >= 4 is 38.6 Å². The highest BCUT2D eigenvalue weighted by Gasteiger charge is 2.29. The predicted octanol–water partition coefficient (Wildman–Crippen LogP) is 3.76. The van der Waals surface area contributed by atoms with E-state index in [4.69, 9.17) is 0 Å². The summed E-state index contributed by atoms with van der Waals surface area (Å²) in [5, 5.41) is 2.58. The van der Waals surface area contributed by atoms with E-state index < -0.39 is 10.0 Å². The van der Waals surface area contributed by atoms with Crippen molar-refractivity contribution in [2.45, 2.75) is 30.0 Å². The minimum absolute atomic E-state index is 0.0262. The maximum absolute atomic E-state index is 13.0. The van der Waals surface area contributed by atoms with E-state index in [1.54, 1.807) is 22.4 Å². The van der Waals surface area contributed by atoms with E-state index >= 15 is 0 Å². The molecule has 0 atom stereocenters. The van der Waals surface area contributed by atoms with Gasteiger partial charge in [0.25, 0.3) is 5.91 Å². The average Bonchev–Trinajstić information content (AvgIpc) is 3.39. The Morgan fingerprint density at radius 2 is 1.86 bits per heavy atom. The summed E-state index contributed by atoms with van der Waals surface area (Å²) in [4.78, 5) is 20.0. The van der Waals surface area contributed by atoms with Crippen LogP contribution in [0.4, 0.5) is 0 Å². The summed E-state index contributed by atoms with van der Waals surface area (Å²) in [6.07, 6.45) is 1.19. The topological polar surface area (TPSA) is 79.4 Å². The minimum atomic E-state index is -3.48. The third-order valence-corrected chi connectivity index (χ3v) is 8.99. The number of carbonyl (C=O) groups excluding carboxylic acids is 1. The van der Waals surface area contributed by atoms with Crippen molar-refractivity contribution in [1.82, 2.24) is 14.6 Å². The first-order valence-electron chi connectivity index (χ1n) is 9.32. The number of likely N-dealkylation sites (tertiary alicyclic amines) is 1. The van der Waals surface area contributed by atoms with Crippen LogP contribution in [0.1, 0.15) is 28.2 Å². The highest BCUT2D eigenvalue weighted by atomic mass is 32.2. The zero-order chi connectivity index (χ0) is 20.4. The van der Waals surface area contributed by atoms with E-state index in [0.29, 0.717) is 35.0 Å². The monoisotopic (exact) mass is 447 g/mol. The fourth-order valence-electron chi connectivity index (χ4n) is 3.34. The molecule has 6 nitrogen and oxygen atoms in total. The number of nitrogens with one attached hydrogen (secondary N) is 1. The number of piperidine rings is 1. The van der Waals surface area contributed by atoms with Crippen LogP contribution in [0.2, 0.25) is 0 Å². The van der Waals surface area contributed by atoms with Gasteiger partial charge in [0.1, 0.15) is 14.1 Å². The van der Waals surface area contributed by atoms with Gasteiger partial charge in [0.2, 0.25) is 10.0 Å². The van der Waals surface area contributed by atoms with Gasteiger partial charge in [-0.3, -0.25) is 4.79 Å². The summed E-state index contributed by atoms with van der Waals surface area (Å²) in [6, 6.07) is 13.0. The minimum Gasteiger partial charge on any atom is -0.338 e. The van der Waals surface area contributed by atoms with E-state index in [9.17, 15) is 13.2 Å². The molecule has 152 valence electrons. The smallest absolute Gasteiger partial charge is 0.265 e. The number of carbonyl (C=O) groups is 1.